The Hall–Kier alpha value is -2.80. The van der Waals surface area contributed by atoms with Crippen LogP contribution in [0.25, 0.3) is 10.9 Å². The van der Waals surface area contributed by atoms with Gasteiger partial charge in [0.05, 0.1) is 5.52 Å². The topological polar surface area (TPSA) is 54.1 Å². The van der Waals surface area contributed by atoms with Gasteiger partial charge in [-0.1, -0.05) is 30.3 Å². The second kappa shape index (κ2) is 7.21. The van der Waals surface area contributed by atoms with Gasteiger partial charge in [-0.25, -0.2) is 0 Å². The molecule has 1 aromatic heterocycles. The number of rotatable bonds is 5. The number of hydrogen-bond acceptors (Lipinski definition) is 3. The zero-order valence-electron chi connectivity index (χ0n) is 14.0. The largest absolute Gasteiger partial charge is 0.573 e. The fourth-order valence-electron chi connectivity index (χ4n) is 2.88. The van der Waals surface area contributed by atoms with Gasteiger partial charge in [0.2, 0.25) is 0 Å². The fourth-order valence-corrected chi connectivity index (χ4v) is 2.88. The van der Waals surface area contributed by atoms with E-state index in [4.69, 9.17) is 0 Å². The van der Waals surface area contributed by atoms with Gasteiger partial charge < -0.3 is 15.0 Å². The zero-order chi connectivity index (χ0) is 18.7. The van der Waals surface area contributed by atoms with Crippen LogP contribution in [-0.4, -0.2) is 18.4 Å². The molecule has 0 amide bonds. The van der Waals surface area contributed by atoms with E-state index >= 15 is 0 Å². The van der Waals surface area contributed by atoms with Crippen LogP contribution in [0.3, 0.4) is 0 Å². The first-order valence-electron chi connectivity index (χ1n) is 7.99. The second-order valence-corrected chi connectivity index (χ2v) is 5.91. The van der Waals surface area contributed by atoms with Crippen molar-refractivity contribution in [2.24, 2.45) is 0 Å². The Balaban J connectivity index is 1.93. The first-order chi connectivity index (χ1) is 12.4. The normalized spacial score (nSPS) is 11.7. The molecule has 0 aliphatic rings. The lowest BCUT2D eigenvalue weighted by Gasteiger charge is -2.11. The summed E-state index contributed by atoms with van der Waals surface area (Å²) >= 11 is 0. The minimum atomic E-state index is -4.75. The Labute approximate surface area is 147 Å². The number of aromatic amines is 1. The minimum Gasteiger partial charge on any atom is -0.406 e. The minimum absolute atomic E-state index is 0.205. The molecule has 1 heterocycles. The maximum atomic E-state index is 12.4. The van der Waals surface area contributed by atoms with Crippen LogP contribution in [-0.2, 0) is 13.0 Å². The van der Waals surface area contributed by atoms with E-state index in [0.717, 1.165) is 16.5 Å². The van der Waals surface area contributed by atoms with Crippen molar-refractivity contribution in [2.45, 2.75) is 19.3 Å². The van der Waals surface area contributed by atoms with Crippen LogP contribution in [0.2, 0.25) is 0 Å². The number of para-hydroxylation sites is 1. The number of aromatic nitrogens is 1. The molecule has 3 rings (SSSR count). The Morgan fingerprint density at radius 3 is 2.58 bits per heavy atom. The van der Waals surface area contributed by atoms with E-state index < -0.39 is 6.36 Å². The molecule has 0 aliphatic carbocycles. The number of nitrogens with one attached hydrogen (secondary N) is 2. The highest BCUT2D eigenvalue weighted by atomic mass is 19.4. The number of H-pyrrole nitrogens is 1. The summed E-state index contributed by atoms with van der Waals surface area (Å²) in [4.78, 5) is 15.3. The number of alkyl halides is 3. The predicted octanol–water partition coefficient (Wildman–Crippen LogP) is 3.74. The highest BCUT2D eigenvalue weighted by Gasteiger charge is 2.31. The first kappa shape index (κ1) is 18.0. The number of fused-ring (bicyclic) bond motifs is 1. The molecule has 0 fully saturated rings. The molecule has 0 atom stereocenters. The third-order valence-corrected chi connectivity index (χ3v) is 3.94. The fraction of sp³-hybridized carbons (Fsp3) is 0.211. The van der Waals surface area contributed by atoms with Gasteiger partial charge in [0.15, 0.2) is 0 Å². The van der Waals surface area contributed by atoms with Crippen LogP contribution in [0, 0.1) is 0 Å². The lowest BCUT2D eigenvalue weighted by molar-refractivity contribution is -0.274. The van der Waals surface area contributed by atoms with Crippen molar-refractivity contribution in [3.05, 3.63) is 75.6 Å². The number of hydrogen-bond donors (Lipinski definition) is 2. The summed E-state index contributed by atoms with van der Waals surface area (Å²) in [7, 11) is 1.82. The van der Waals surface area contributed by atoms with Crippen LogP contribution in [0.5, 0.6) is 5.75 Å². The number of benzene rings is 2. The molecule has 0 bridgehead atoms. The number of ether oxygens (including phenoxy) is 1. The lowest BCUT2D eigenvalue weighted by Crippen LogP contribution is -2.17. The highest BCUT2D eigenvalue weighted by Crippen LogP contribution is 2.24. The zero-order valence-corrected chi connectivity index (χ0v) is 14.0. The van der Waals surface area contributed by atoms with E-state index in [2.05, 4.69) is 15.0 Å². The van der Waals surface area contributed by atoms with Crippen molar-refractivity contribution >= 4 is 10.9 Å². The monoisotopic (exact) mass is 362 g/mol. The van der Waals surface area contributed by atoms with Crippen LogP contribution in [0.15, 0.2) is 53.3 Å². The van der Waals surface area contributed by atoms with E-state index in [-0.39, 0.29) is 17.7 Å². The second-order valence-electron chi connectivity index (χ2n) is 5.91. The van der Waals surface area contributed by atoms with E-state index in [1.807, 2.05) is 25.2 Å². The van der Waals surface area contributed by atoms with E-state index in [1.54, 1.807) is 12.1 Å². The summed E-state index contributed by atoms with van der Waals surface area (Å²) in [5, 5.41) is 3.92. The summed E-state index contributed by atoms with van der Waals surface area (Å²) in [6.07, 6.45) is -4.54. The van der Waals surface area contributed by atoms with Crippen LogP contribution in [0.1, 0.15) is 16.7 Å². The standard InChI is InChI=1S/C19H17F3N2O2/c1-23-11-14-6-3-5-13-10-15(18(25)24-17(13)14)8-12-4-2-7-16(9-12)26-19(20,21)22/h2-7,9-10,23H,8,11H2,1H3,(H,24,25). The van der Waals surface area contributed by atoms with E-state index in [9.17, 15) is 18.0 Å². The predicted molar refractivity (Wildman–Crippen MR) is 93.3 cm³/mol. The molecule has 2 N–H and O–H groups in total. The average Bonchev–Trinajstić information content (AvgIpc) is 2.55. The quantitative estimate of drug-likeness (QED) is 0.727. The van der Waals surface area contributed by atoms with Gasteiger partial charge in [0, 0.05) is 18.5 Å². The summed E-state index contributed by atoms with van der Waals surface area (Å²) in [5.41, 5.74) is 2.49. The van der Waals surface area contributed by atoms with Gasteiger partial charge >= 0.3 is 6.36 Å². The SMILES string of the molecule is CNCc1cccc2cc(Cc3cccc(OC(F)(F)F)c3)c(=O)[nH]c12. The van der Waals surface area contributed by atoms with Gasteiger partial charge in [-0.2, -0.15) is 0 Å². The average molecular weight is 362 g/mol. The van der Waals surface area contributed by atoms with Crippen molar-refractivity contribution in [1.82, 2.24) is 10.3 Å². The maximum absolute atomic E-state index is 12.4. The molecule has 3 aromatic rings. The van der Waals surface area contributed by atoms with Crippen molar-refractivity contribution in [3.8, 4) is 5.75 Å². The molecule has 136 valence electrons. The molecule has 2 aromatic carbocycles. The van der Waals surface area contributed by atoms with Crippen molar-refractivity contribution < 1.29 is 17.9 Å². The molecule has 0 aliphatic heterocycles. The molecular formula is C19H17F3N2O2. The molecule has 0 spiro atoms. The van der Waals surface area contributed by atoms with Gasteiger partial charge in [-0.05, 0) is 41.8 Å². The molecule has 4 nitrogen and oxygen atoms in total. The van der Waals surface area contributed by atoms with Crippen molar-refractivity contribution in [2.75, 3.05) is 7.05 Å². The summed E-state index contributed by atoms with van der Waals surface area (Å²) < 4.78 is 41.0. The molecule has 26 heavy (non-hydrogen) atoms. The highest BCUT2D eigenvalue weighted by molar-refractivity contribution is 5.82. The Morgan fingerprint density at radius 2 is 1.85 bits per heavy atom. The molecular weight excluding hydrogens is 345 g/mol. The Bertz CT molecular complexity index is 980. The van der Waals surface area contributed by atoms with Crippen molar-refractivity contribution in [1.29, 1.82) is 0 Å². The molecule has 0 unspecified atom stereocenters. The van der Waals surface area contributed by atoms with Gasteiger partial charge in [0.25, 0.3) is 5.56 Å². The van der Waals surface area contributed by atoms with Crippen LogP contribution < -0.4 is 15.6 Å². The summed E-state index contributed by atoms with van der Waals surface area (Å²) in [5.74, 6) is -0.302. The van der Waals surface area contributed by atoms with Crippen LogP contribution >= 0.6 is 0 Å². The van der Waals surface area contributed by atoms with Crippen molar-refractivity contribution in [3.63, 3.8) is 0 Å². The van der Waals surface area contributed by atoms with E-state index in [0.29, 0.717) is 17.7 Å². The summed E-state index contributed by atoms with van der Waals surface area (Å²) in [6.45, 7) is 0.615. The van der Waals surface area contributed by atoms with E-state index in [1.165, 1.54) is 18.2 Å². The summed E-state index contributed by atoms with van der Waals surface area (Å²) in [6, 6.07) is 13.1. The maximum Gasteiger partial charge on any atom is 0.573 e. The Kier molecular flexibility index (Phi) is 4.99. The number of halogens is 3. The number of pyridine rings is 1. The van der Waals surface area contributed by atoms with Crippen LogP contribution in [0.4, 0.5) is 13.2 Å². The third-order valence-electron chi connectivity index (χ3n) is 3.94. The smallest absolute Gasteiger partial charge is 0.406 e. The van der Waals surface area contributed by atoms with Gasteiger partial charge in [0.1, 0.15) is 5.75 Å². The molecule has 0 saturated heterocycles. The van der Waals surface area contributed by atoms with Gasteiger partial charge in [-0.15, -0.1) is 13.2 Å². The molecule has 7 heteroatoms. The lowest BCUT2D eigenvalue weighted by atomic mass is 10.0. The molecule has 0 saturated carbocycles. The third kappa shape index (κ3) is 4.23. The van der Waals surface area contributed by atoms with Gasteiger partial charge in [-0.3, -0.25) is 4.79 Å². The first-order valence-corrected chi connectivity index (χ1v) is 7.99. The Morgan fingerprint density at radius 1 is 1.08 bits per heavy atom. The molecule has 0 radical (unpaired) electrons.